The van der Waals surface area contributed by atoms with Crippen molar-refractivity contribution >= 4 is 184 Å². The maximum absolute atomic E-state index is 7.04. The zero-order valence-electron chi connectivity index (χ0n) is 29.6. The van der Waals surface area contributed by atoms with Crippen molar-refractivity contribution in [3.05, 3.63) is 109 Å². The highest BCUT2D eigenvalue weighted by atomic mass is 15.1. The summed E-state index contributed by atoms with van der Waals surface area (Å²) >= 11 is 0. The number of fused-ring (bicyclic) bond motifs is 6. The summed E-state index contributed by atoms with van der Waals surface area (Å²) in [4.78, 5) is 4.66. The van der Waals surface area contributed by atoms with Gasteiger partial charge in [0.25, 0.3) is 0 Å². The Labute approximate surface area is 334 Å². The molecule has 1 heterocycles. The van der Waals surface area contributed by atoms with Gasteiger partial charge in [-0.05, 0) is 95.7 Å². The molecule has 0 saturated carbocycles. The highest BCUT2D eigenvalue weighted by molar-refractivity contribution is 6.71. The van der Waals surface area contributed by atoms with Gasteiger partial charge in [-0.3, -0.25) is 4.57 Å². The molecule has 0 atom stereocenters. The predicted octanol–water partition coefficient (Wildman–Crippen LogP) is -0.0615. The van der Waals surface area contributed by atoms with E-state index in [9.17, 15) is 0 Å². The van der Waals surface area contributed by atoms with Crippen molar-refractivity contribution in [1.82, 2.24) is 9.55 Å². The third kappa shape index (κ3) is 5.22. The fraction of sp³-hybridized carbons (Fsp3) is 0.0238. The van der Waals surface area contributed by atoms with E-state index in [2.05, 4.69) is 35.3 Å². The van der Waals surface area contributed by atoms with Crippen molar-refractivity contribution in [2.45, 2.75) is 5.11 Å². The number of rotatable bonds is 4. The molecular formula is C42H17B11N2. The average Bonchev–Trinajstić information content (AvgIpc) is 3.60. The molecule has 1 aromatic heterocycles. The second-order valence-corrected chi connectivity index (χ2v) is 14.0. The molecule has 9 aromatic rings. The Bertz CT molecular complexity index is 3030. The van der Waals surface area contributed by atoms with E-state index in [0.717, 1.165) is 32.6 Å². The van der Waals surface area contributed by atoms with Crippen LogP contribution >= 0.6 is 0 Å². The topological polar surface area (TPSA) is 17.8 Å². The first-order valence-electron chi connectivity index (χ1n) is 17.4. The molecule has 0 unspecified atom stereocenters. The lowest BCUT2D eigenvalue weighted by Crippen LogP contribution is -2.50. The first-order chi connectivity index (χ1) is 26.3. The zero-order chi connectivity index (χ0) is 38.7. The Balaban J connectivity index is 1.46. The number of hydrogen-bond donors (Lipinski definition) is 0. The third-order valence-corrected chi connectivity index (χ3v) is 10.7. The lowest BCUT2D eigenvalue weighted by atomic mass is 9.42. The highest BCUT2D eigenvalue weighted by Crippen LogP contribution is 2.44. The Kier molecular flexibility index (Phi) is 8.28. The summed E-state index contributed by atoms with van der Waals surface area (Å²) in [5.74, 6) is 0.268. The van der Waals surface area contributed by atoms with Gasteiger partial charge >= 0.3 is 0 Å². The summed E-state index contributed by atoms with van der Waals surface area (Å²) in [6.45, 7) is 0. The molecule has 0 spiro atoms. The van der Waals surface area contributed by atoms with Crippen molar-refractivity contribution < 1.29 is 0 Å². The number of para-hydroxylation sites is 2. The van der Waals surface area contributed by atoms with Gasteiger partial charge in [-0.1, -0.05) is 99.8 Å². The third-order valence-electron chi connectivity index (χ3n) is 10.7. The summed E-state index contributed by atoms with van der Waals surface area (Å²) in [5, 5.41) is 4.39. The normalized spacial score (nSPS) is 12.1. The van der Waals surface area contributed by atoms with E-state index in [-0.39, 0.29) is 49.5 Å². The van der Waals surface area contributed by atoms with E-state index < -0.39 is 5.11 Å². The van der Waals surface area contributed by atoms with Crippen LogP contribution in [0.1, 0.15) is 5.82 Å². The van der Waals surface area contributed by atoms with Gasteiger partial charge in [-0.25, -0.2) is 4.98 Å². The van der Waals surface area contributed by atoms with E-state index in [1.54, 1.807) is 0 Å². The van der Waals surface area contributed by atoms with Gasteiger partial charge in [-0.15, -0.1) is 21.9 Å². The van der Waals surface area contributed by atoms with E-state index in [1.165, 1.54) is 0 Å². The molecule has 8 aromatic carbocycles. The summed E-state index contributed by atoms with van der Waals surface area (Å²) in [6, 6.07) is 33.5. The Morgan fingerprint density at radius 3 is 1.49 bits per heavy atom. The van der Waals surface area contributed by atoms with Crippen LogP contribution in [0.15, 0.2) is 103 Å². The second-order valence-electron chi connectivity index (χ2n) is 14.0. The second kappa shape index (κ2) is 12.8. The average molecular weight is 669 g/mol. The minimum atomic E-state index is -1.74. The van der Waals surface area contributed by atoms with Gasteiger partial charge in [0.15, 0.2) is 0 Å². The van der Waals surface area contributed by atoms with Crippen LogP contribution in [0.4, 0.5) is 0 Å². The minimum Gasteiger partial charge on any atom is -0.298 e. The van der Waals surface area contributed by atoms with Gasteiger partial charge < -0.3 is 0 Å². The molecule has 228 valence electrons. The first-order valence-corrected chi connectivity index (χ1v) is 17.4. The van der Waals surface area contributed by atoms with Crippen LogP contribution in [0.3, 0.4) is 0 Å². The Morgan fingerprint density at radius 1 is 0.455 bits per heavy atom. The molecule has 0 fully saturated rings. The van der Waals surface area contributed by atoms with Crippen LogP contribution in [-0.2, 0) is 5.11 Å². The molecule has 22 radical (unpaired) electrons. The van der Waals surface area contributed by atoms with Crippen LogP contribution in [0, 0.1) is 0 Å². The summed E-state index contributed by atoms with van der Waals surface area (Å²) in [7, 11) is 73.4. The molecule has 0 aliphatic rings. The van der Waals surface area contributed by atoms with Gasteiger partial charge in [-0.2, -0.15) is 0 Å². The minimum absolute atomic E-state index is 0.131. The van der Waals surface area contributed by atoms with Crippen LogP contribution < -0.4 is 43.7 Å². The summed E-state index contributed by atoms with van der Waals surface area (Å²) in [6.07, 6.45) is 0. The summed E-state index contributed by atoms with van der Waals surface area (Å²) in [5.41, 5.74) is 6.26. The van der Waals surface area contributed by atoms with Crippen molar-refractivity contribution in [1.29, 1.82) is 0 Å². The van der Waals surface area contributed by atoms with Crippen LogP contribution in [0.5, 0.6) is 0 Å². The molecule has 0 amide bonds. The quantitative estimate of drug-likeness (QED) is 0.146. The SMILES string of the molecule is [B]c1c([B])c([B])c2c(-c3cc4ccccc4c4ccccc34)c3c([B])c([B])c([B])c([B])c3c(-c3ccc(-n4c(C([B])([B])[B])nc5ccccc54)cc3)c2c1[B]. The van der Waals surface area contributed by atoms with Crippen molar-refractivity contribution in [2.24, 2.45) is 0 Å². The monoisotopic (exact) mass is 670 g/mol. The van der Waals surface area contributed by atoms with Crippen molar-refractivity contribution in [3.8, 4) is 27.9 Å². The Morgan fingerprint density at radius 2 is 0.927 bits per heavy atom. The van der Waals surface area contributed by atoms with Gasteiger partial charge in [0.2, 0.25) is 0 Å². The molecular weight excluding hydrogens is 651 g/mol. The lowest BCUT2D eigenvalue weighted by molar-refractivity contribution is 0.929. The molecule has 55 heavy (non-hydrogen) atoms. The number of nitrogens with zero attached hydrogens (tertiary/aromatic N) is 2. The fourth-order valence-corrected chi connectivity index (χ4v) is 8.12. The van der Waals surface area contributed by atoms with E-state index in [4.69, 9.17) is 86.3 Å². The van der Waals surface area contributed by atoms with E-state index >= 15 is 0 Å². The molecule has 0 saturated heterocycles. The largest absolute Gasteiger partial charge is 0.298 e. The maximum atomic E-state index is 7.04. The molecule has 13 heteroatoms. The molecule has 0 aliphatic heterocycles. The Hall–Kier alpha value is -5.02. The van der Waals surface area contributed by atoms with Gasteiger partial charge in [0.05, 0.1) is 40.4 Å². The highest BCUT2D eigenvalue weighted by Gasteiger charge is 2.27. The molecule has 0 bridgehead atoms. The number of imidazole rings is 1. The predicted molar refractivity (Wildman–Crippen MR) is 244 cm³/mol. The maximum Gasteiger partial charge on any atom is 0.113 e. The molecule has 2 nitrogen and oxygen atoms in total. The van der Waals surface area contributed by atoms with Crippen molar-refractivity contribution in [2.75, 3.05) is 0 Å². The smallest absolute Gasteiger partial charge is 0.113 e. The molecule has 0 N–H and O–H groups in total. The summed E-state index contributed by atoms with van der Waals surface area (Å²) < 4.78 is 1.82. The lowest BCUT2D eigenvalue weighted by Gasteiger charge is -2.29. The van der Waals surface area contributed by atoms with E-state index in [0.29, 0.717) is 49.4 Å². The van der Waals surface area contributed by atoms with Crippen LogP contribution in [0.2, 0.25) is 0 Å². The number of aromatic nitrogens is 2. The number of benzene rings is 8. The fourth-order valence-electron chi connectivity index (χ4n) is 8.12. The molecule has 0 aliphatic carbocycles. The first kappa shape index (κ1) is 35.7. The standard InChI is InChI=1S/C42H17B11N2/c43-33-29-27(18-13-15-20(16-14-18)55-26-12-6-5-11-25(26)54-41(55)42(51,52)53)30-32(36(46)40(50)38(48)34(30)44)28(31(29)35(45)39(49)37(33)47)24-17-19-7-1-2-8-21(19)22-9-3-4-10-23(22)24/h1-17H. The van der Waals surface area contributed by atoms with Gasteiger partial charge in [0, 0.05) is 5.69 Å². The number of hydrogen-bond acceptors (Lipinski definition) is 1. The zero-order valence-corrected chi connectivity index (χ0v) is 29.6. The van der Waals surface area contributed by atoms with Crippen molar-refractivity contribution in [3.63, 3.8) is 0 Å². The van der Waals surface area contributed by atoms with Gasteiger partial charge in [0.1, 0.15) is 62.8 Å². The van der Waals surface area contributed by atoms with Crippen LogP contribution in [0.25, 0.3) is 82.1 Å². The van der Waals surface area contributed by atoms with Crippen LogP contribution in [-0.4, -0.2) is 95.9 Å². The van der Waals surface area contributed by atoms with E-state index in [1.807, 2.05) is 77.4 Å². The molecule has 9 rings (SSSR count).